The lowest BCUT2D eigenvalue weighted by atomic mass is 10.0. The zero-order chi connectivity index (χ0) is 17.6. The number of likely N-dealkylation sites (N-methyl/N-ethyl adjacent to an activating group) is 1. The fourth-order valence-corrected chi connectivity index (χ4v) is 3.37. The molecule has 5 heteroatoms. The van der Waals surface area contributed by atoms with Crippen molar-refractivity contribution in [3.63, 3.8) is 0 Å². The molecule has 1 aromatic carbocycles. The van der Waals surface area contributed by atoms with E-state index in [2.05, 4.69) is 27.3 Å². The number of hydrogen-bond acceptors (Lipinski definition) is 5. The summed E-state index contributed by atoms with van der Waals surface area (Å²) >= 11 is 0. The first-order chi connectivity index (χ1) is 12.2. The van der Waals surface area contributed by atoms with Crippen LogP contribution in [-0.4, -0.2) is 49.6 Å². The Bertz CT molecular complexity index is 709. The average Bonchev–Trinajstić information content (AvgIpc) is 3.19. The van der Waals surface area contributed by atoms with Gasteiger partial charge in [-0.2, -0.15) is 0 Å². The minimum absolute atomic E-state index is 0.302. The number of benzene rings is 1. The third-order valence-electron chi connectivity index (χ3n) is 4.79. The largest absolute Gasteiger partial charge is 0.465 e. The van der Waals surface area contributed by atoms with E-state index >= 15 is 0 Å². The summed E-state index contributed by atoms with van der Waals surface area (Å²) in [7, 11) is 3.39. The third-order valence-corrected chi connectivity index (χ3v) is 4.79. The van der Waals surface area contributed by atoms with Gasteiger partial charge in [0.1, 0.15) is 0 Å². The third kappa shape index (κ3) is 4.06. The molecule has 0 bridgehead atoms. The highest BCUT2D eigenvalue weighted by Crippen LogP contribution is 2.25. The molecule has 1 aliphatic heterocycles. The van der Waals surface area contributed by atoms with E-state index in [0.717, 1.165) is 12.1 Å². The van der Waals surface area contributed by atoms with Crippen LogP contribution in [0.2, 0.25) is 0 Å². The van der Waals surface area contributed by atoms with E-state index in [9.17, 15) is 4.79 Å². The van der Waals surface area contributed by atoms with Crippen LogP contribution in [0.15, 0.2) is 42.6 Å². The number of hydrogen-bond donors (Lipinski definition) is 1. The number of carbonyl (C=O) groups is 1. The van der Waals surface area contributed by atoms with Crippen LogP contribution >= 0.6 is 0 Å². The predicted octanol–water partition coefficient (Wildman–Crippen LogP) is 2.89. The SMILES string of the molecule is CNC(CN1CCCC1)c1ccc(-c2ncccc2C(=O)OC)cc1. The zero-order valence-electron chi connectivity index (χ0n) is 14.9. The molecule has 0 saturated carbocycles. The van der Waals surface area contributed by atoms with E-state index in [1.165, 1.54) is 38.6 Å². The van der Waals surface area contributed by atoms with Crippen molar-refractivity contribution in [2.24, 2.45) is 0 Å². The van der Waals surface area contributed by atoms with E-state index < -0.39 is 0 Å². The van der Waals surface area contributed by atoms with Crippen LogP contribution < -0.4 is 5.32 Å². The van der Waals surface area contributed by atoms with Gasteiger partial charge in [-0.25, -0.2) is 4.79 Å². The molecular formula is C20H25N3O2. The number of esters is 1. The summed E-state index contributed by atoms with van der Waals surface area (Å²) in [5, 5.41) is 3.41. The first kappa shape index (κ1) is 17.6. The van der Waals surface area contributed by atoms with Gasteiger partial charge >= 0.3 is 5.97 Å². The Labute approximate surface area is 149 Å². The van der Waals surface area contributed by atoms with E-state index in [0.29, 0.717) is 17.3 Å². The zero-order valence-corrected chi connectivity index (χ0v) is 14.9. The van der Waals surface area contributed by atoms with Crippen molar-refractivity contribution in [1.29, 1.82) is 0 Å². The van der Waals surface area contributed by atoms with E-state index in [1.54, 1.807) is 18.3 Å². The molecule has 0 radical (unpaired) electrons. The number of aromatic nitrogens is 1. The van der Waals surface area contributed by atoms with E-state index in [4.69, 9.17) is 4.74 Å². The average molecular weight is 339 g/mol. The van der Waals surface area contributed by atoms with Gasteiger partial charge in [0, 0.05) is 24.3 Å². The van der Waals surface area contributed by atoms with Crippen LogP contribution in [0.3, 0.4) is 0 Å². The summed E-state index contributed by atoms with van der Waals surface area (Å²) in [6.45, 7) is 3.40. The molecule has 1 atom stereocenters. The Kier molecular flexibility index (Phi) is 5.79. The van der Waals surface area contributed by atoms with Crippen molar-refractivity contribution in [3.8, 4) is 11.3 Å². The van der Waals surface area contributed by atoms with Gasteiger partial charge in [0.2, 0.25) is 0 Å². The van der Waals surface area contributed by atoms with Crippen LogP contribution in [0.1, 0.15) is 34.8 Å². The van der Waals surface area contributed by atoms with E-state index in [-0.39, 0.29) is 5.97 Å². The molecule has 0 aliphatic carbocycles. The lowest BCUT2D eigenvalue weighted by Crippen LogP contribution is -2.31. The molecule has 1 fully saturated rings. The first-order valence-corrected chi connectivity index (χ1v) is 8.76. The maximum Gasteiger partial charge on any atom is 0.340 e. The topological polar surface area (TPSA) is 54.5 Å². The number of nitrogens with zero attached hydrogens (tertiary/aromatic N) is 2. The van der Waals surface area contributed by atoms with Crippen molar-refractivity contribution in [2.45, 2.75) is 18.9 Å². The first-order valence-electron chi connectivity index (χ1n) is 8.76. The molecular weight excluding hydrogens is 314 g/mol. The minimum atomic E-state index is -0.366. The van der Waals surface area contributed by atoms with Crippen LogP contribution in [0.5, 0.6) is 0 Å². The van der Waals surface area contributed by atoms with Gasteiger partial charge < -0.3 is 15.0 Å². The molecule has 0 spiro atoms. The number of carbonyl (C=O) groups excluding carboxylic acids is 1. The van der Waals surface area contributed by atoms with Crippen molar-refractivity contribution < 1.29 is 9.53 Å². The van der Waals surface area contributed by atoms with Crippen LogP contribution in [0.4, 0.5) is 0 Å². The Morgan fingerprint density at radius 3 is 2.60 bits per heavy atom. The second kappa shape index (κ2) is 8.23. The molecule has 1 aromatic heterocycles. The summed E-state index contributed by atoms with van der Waals surface area (Å²) in [6, 6.07) is 12.1. The fraction of sp³-hybridized carbons (Fsp3) is 0.400. The van der Waals surface area contributed by atoms with Crippen molar-refractivity contribution in [3.05, 3.63) is 53.7 Å². The second-order valence-electron chi connectivity index (χ2n) is 6.36. The lowest BCUT2D eigenvalue weighted by molar-refractivity contribution is 0.0601. The molecule has 132 valence electrons. The molecule has 0 amide bonds. The van der Waals surface area contributed by atoms with Gasteiger partial charge in [-0.1, -0.05) is 24.3 Å². The van der Waals surface area contributed by atoms with Crippen molar-refractivity contribution in [1.82, 2.24) is 15.2 Å². The molecule has 2 aromatic rings. The highest BCUT2D eigenvalue weighted by Gasteiger charge is 2.18. The number of methoxy groups -OCH3 is 1. The molecule has 1 aliphatic rings. The normalized spacial score (nSPS) is 15.9. The van der Waals surface area contributed by atoms with Gasteiger partial charge in [-0.15, -0.1) is 0 Å². The second-order valence-corrected chi connectivity index (χ2v) is 6.36. The summed E-state index contributed by atoms with van der Waals surface area (Å²) in [5.41, 5.74) is 3.30. The summed E-state index contributed by atoms with van der Waals surface area (Å²) < 4.78 is 4.86. The molecule has 5 nitrogen and oxygen atoms in total. The minimum Gasteiger partial charge on any atom is -0.465 e. The monoisotopic (exact) mass is 339 g/mol. The molecule has 25 heavy (non-hydrogen) atoms. The van der Waals surface area contributed by atoms with Crippen molar-refractivity contribution in [2.75, 3.05) is 33.8 Å². The van der Waals surface area contributed by atoms with Gasteiger partial charge in [0.25, 0.3) is 0 Å². The number of likely N-dealkylation sites (tertiary alicyclic amines) is 1. The van der Waals surface area contributed by atoms with E-state index in [1.807, 2.05) is 19.2 Å². The fourth-order valence-electron chi connectivity index (χ4n) is 3.37. The number of rotatable bonds is 6. The number of nitrogens with one attached hydrogen (secondary N) is 1. The molecule has 1 unspecified atom stereocenters. The highest BCUT2D eigenvalue weighted by molar-refractivity contribution is 5.95. The van der Waals surface area contributed by atoms with Gasteiger partial charge in [-0.3, -0.25) is 4.98 Å². The number of ether oxygens (including phenoxy) is 1. The van der Waals surface area contributed by atoms with Gasteiger partial charge in [0.15, 0.2) is 0 Å². The maximum atomic E-state index is 11.9. The lowest BCUT2D eigenvalue weighted by Gasteiger charge is -2.23. The quantitative estimate of drug-likeness (QED) is 0.820. The Hall–Kier alpha value is -2.24. The van der Waals surface area contributed by atoms with Crippen LogP contribution in [0, 0.1) is 0 Å². The summed E-state index contributed by atoms with van der Waals surface area (Å²) in [6.07, 6.45) is 4.29. The Balaban J connectivity index is 1.81. The molecule has 1 saturated heterocycles. The summed E-state index contributed by atoms with van der Waals surface area (Å²) in [5.74, 6) is -0.366. The Morgan fingerprint density at radius 2 is 1.96 bits per heavy atom. The number of pyridine rings is 1. The standard InChI is InChI=1S/C20H25N3O2/c1-21-18(14-23-12-3-4-13-23)15-7-9-16(10-8-15)19-17(20(24)25-2)6-5-11-22-19/h5-11,18,21H,3-4,12-14H2,1-2H3. The van der Waals surface area contributed by atoms with Gasteiger partial charge in [0.05, 0.1) is 18.4 Å². The predicted molar refractivity (Wildman–Crippen MR) is 98.5 cm³/mol. The molecule has 1 N–H and O–H groups in total. The molecule has 2 heterocycles. The van der Waals surface area contributed by atoms with Crippen LogP contribution in [0.25, 0.3) is 11.3 Å². The molecule has 3 rings (SSSR count). The maximum absolute atomic E-state index is 11.9. The smallest absolute Gasteiger partial charge is 0.340 e. The van der Waals surface area contributed by atoms with Gasteiger partial charge in [-0.05, 0) is 50.7 Å². The van der Waals surface area contributed by atoms with Crippen molar-refractivity contribution >= 4 is 5.97 Å². The Morgan fingerprint density at radius 1 is 1.24 bits per heavy atom. The summed E-state index contributed by atoms with van der Waals surface area (Å²) in [4.78, 5) is 18.8. The highest BCUT2D eigenvalue weighted by atomic mass is 16.5. The van der Waals surface area contributed by atoms with Crippen LogP contribution in [-0.2, 0) is 4.74 Å².